The molecule has 0 aliphatic carbocycles. The summed E-state index contributed by atoms with van der Waals surface area (Å²) in [6.07, 6.45) is 0. The minimum Gasteiger partial charge on any atom is -0.495 e. The van der Waals surface area contributed by atoms with E-state index in [-0.39, 0.29) is 22.8 Å². The Balaban J connectivity index is 2.34. The summed E-state index contributed by atoms with van der Waals surface area (Å²) in [5.41, 5.74) is 1.24. The Bertz CT molecular complexity index is 816. The van der Waals surface area contributed by atoms with Crippen LogP contribution in [-0.4, -0.2) is 26.6 Å². The molecule has 0 aliphatic rings. The minimum atomic E-state index is -3.70. The molecule has 0 aliphatic heterocycles. The van der Waals surface area contributed by atoms with Gasteiger partial charge in [0.15, 0.2) is 0 Å². The number of ether oxygens (including phenoxy) is 1. The van der Waals surface area contributed by atoms with E-state index in [0.717, 1.165) is 0 Å². The molecule has 0 fully saturated rings. The number of carboxylic acid groups (broad SMARTS) is 1. The molecule has 0 saturated heterocycles. The molecule has 2 aromatic rings. The van der Waals surface area contributed by atoms with Gasteiger partial charge in [-0.2, -0.15) is 0 Å². The summed E-state index contributed by atoms with van der Waals surface area (Å²) in [6.45, 7) is 1.62. The third kappa shape index (κ3) is 4.23. The van der Waals surface area contributed by atoms with E-state index in [9.17, 15) is 13.2 Å². The quantitative estimate of drug-likeness (QED) is 0.846. The van der Waals surface area contributed by atoms with Gasteiger partial charge in [0.1, 0.15) is 5.75 Å². The summed E-state index contributed by atoms with van der Waals surface area (Å²) in [4.78, 5) is 11.2. The molecule has 0 amide bonds. The molecular weight excluding hydrogens is 318 g/mol. The third-order valence-corrected chi connectivity index (χ3v) is 4.49. The fraction of sp³-hybridized carbons (Fsp3) is 0.188. The Morgan fingerprint density at radius 3 is 2.43 bits per heavy atom. The number of methoxy groups -OCH3 is 1. The average molecular weight is 335 g/mol. The second-order valence-corrected chi connectivity index (χ2v) is 6.74. The van der Waals surface area contributed by atoms with E-state index in [4.69, 9.17) is 9.84 Å². The predicted octanol–water partition coefficient (Wildman–Crippen LogP) is 2.64. The van der Waals surface area contributed by atoms with Gasteiger partial charge >= 0.3 is 5.97 Å². The zero-order chi connectivity index (χ0) is 17.0. The van der Waals surface area contributed by atoms with Crippen molar-refractivity contribution in [3.63, 3.8) is 0 Å². The molecule has 6 nitrogen and oxygen atoms in total. The second kappa shape index (κ2) is 6.70. The summed E-state index contributed by atoms with van der Waals surface area (Å²) in [6, 6.07) is 11.5. The number of benzene rings is 2. The highest BCUT2D eigenvalue weighted by Crippen LogP contribution is 2.29. The highest BCUT2D eigenvalue weighted by Gasteiger charge is 2.18. The topological polar surface area (TPSA) is 92.7 Å². The van der Waals surface area contributed by atoms with Crippen molar-refractivity contribution >= 4 is 21.7 Å². The molecule has 0 spiro atoms. The highest BCUT2D eigenvalue weighted by atomic mass is 32.2. The van der Waals surface area contributed by atoms with Gasteiger partial charge in [-0.3, -0.25) is 4.72 Å². The van der Waals surface area contributed by atoms with Crippen LogP contribution in [-0.2, 0) is 15.8 Å². The SMILES string of the molecule is COc1cc(C)c(C(=O)O)cc1NS(=O)(=O)Cc1ccccc1. The molecule has 0 atom stereocenters. The average Bonchev–Trinajstić information content (AvgIpc) is 2.48. The molecule has 0 bridgehead atoms. The Morgan fingerprint density at radius 2 is 1.87 bits per heavy atom. The molecule has 0 radical (unpaired) electrons. The number of hydrogen-bond acceptors (Lipinski definition) is 4. The van der Waals surface area contributed by atoms with Crippen LogP contribution < -0.4 is 9.46 Å². The van der Waals surface area contributed by atoms with Crippen LogP contribution >= 0.6 is 0 Å². The van der Waals surface area contributed by atoms with Crippen molar-refractivity contribution in [3.05, 3.63) is 59.2 Å². The third-order valence-electron chi connectivity index (χ3n) is 3.24. The van der Waals surface area contributed by atoms with E-state index in [1.165, 1.54) is 19.2 Å². The molecule has 0 heterocycles. The standard InChI is InChI=1S/C16H17NO5S/c1-11-8-15(22-2)14(9-13(11)16(18)19)17-23(20,21)10-12-6-4-3-5-7-12/h3-9,17H,10H2,1-2H3,(H,18,19). The van der Waals surface area contributed by atoms with Crippen molar-refractivity contribution < 1.29 is 23.1 Å². The Kier molecular flexibility index (Phi) is 4.90. The van der Waals surface area contributed by atoms with Crippen LogP contribution in [0.15, 0.2) is 42.5 Å². The summed E-state index contributed by atoms with van der Waals surface area (Å²) in [7, 11) is -2.31. The Labute approximate surface area is 134 Å². The number of nitrogens with one attached hydrogen (secondary N) is 1. The normalized spacial score (nSPS) is 11.0. The first-order chi connectivity index (χ1) is 10.8. The predicted molar refractivity (Wildman–Crippen MR) is 87.4 cm³/mol. The summed E-state index contributed by atoms with van der Waals surface area (Å²) in [5, 5.41) is 9.17. The first-order valence-electron chi connectivity index (χ1n) is 6.79. The monoisotopic (exact) mass is 335 g/mol. The van der Waals surface area contributed by atoms with Crippen molar-refractivity contribution in [3.8, 4) is 5.75 Å². The van der Waals surface area contributed by atoms with E-state index >= 15 is 0 Å². The van der Waals surface area contributed by atoms with E-state index in [1.54, 1.807) is 37.3 Å². The maximum atomic E-state index is 12.3. The van der Waals surface area contributed by atoms with Gasteiger partial charge in [0.25, 0.3) is 0 Å². The molecule has 2 aromatic carbocycles. The van der Waals surface area contributed by atoms with Gasteiger partial charge < -0.3 is 9.84 Å². The first-order valence-corrected chi connectivity index (χ1v) is 8.44. The highest BCUT2D eigenvalue weighted by molar-refractivity contribution is 7.91. The van der Waals surface area contributed by atoms with Gasteiger partial charge in [-0.05, 0) is 30.2 Å². The molecule has 23 heavy (non-hydrogen) atoms. The lowest BCUT2D eigenvalue weighted by molar-refractivity contribution is 0.0696. The maximum absolute atomic E-state index is 12.3. The maximum Gasteiger partial charge on any atom is 0.336 e. The largest absolute Gasteiger partial charge is 0.495 e. The number of carboxylic acids is 1. The fourth-order valence-corrected chi connectivity index (χ4v) is 3.36. The lowest BCUT2D eigenvalue weighted by atomic mass is 10.1. The molecule has 0 aromatic heterocycles. The zero-order valence-electron chi connectivity index (χ0n) is 12.7. The molecule has 7 heteroatoms. The van der Waals surface area contributed by atoms with Gasteiger partial charge in [0.05, 0.1) is 24.1 Å². The second-order valence-electron chi connectivity index (χ2n) is 5.02. The summed E-state index contributed by atoms with van der Waals surface area (Å²) in [5.74, 6) is -1.08. The van der Waals surface area contributed by atoms with Gasteiger partial charge in [-0.15, -0.1) is 0 Å². The fourth-order valence-electron chi connectivity index (χ4n) is 2.16. The molecule has 0 saturated carbocycles. The van der Waals surface area contributed by atoms with Crippen LogP contribution in [0.2, 0.25) is 0 Å². The Morgan fingerprint density at radius 1 is 1.22 bits per heavy atom. The van der Waals surface area contributed by atoms with Crippen molar-refractivity contribution in [1.29, 1.82) is 0 Å². The van der Waals surface area contributed by atoms with Crippen LogP contribution in [0.25, 0.3) is 0 Å². The molecule has 122 valence electrons. The van der Waals surface area contributed by atoms with Crippen molar-refractivity contribution in [2.45, 2.75) is 12.7 Å². The van der Waals surface area contributed by atoms with Crippen LogP contribution in [0.1, 0.15) is 21.5 Å². The lowest BCUT2D eigenvalue weighted by Gasteiger charge is -2.14. The molecule has 0 unspecified atom stereocenters. The molecular formula is C16H17NO5S. The smallest absolute Gasteiger partial charge is 0.336 e. The Hall–Kier alpha value is -2.54. The number of anilines is 1. The summed E-state index contributed by atoms with van der Waals surface area (Å²) >= 11 is 0. The van der Waals surface area contributed by atoms with E-state index in [0.29, 0.717) is 11.1 Å². The van der Waals surface area contributed by atoms with Crippen molar-refractivity contribution in [2.75, 3.05) is 11.8 Å². The number of hydrogen-bond donors (Lipinski definition) is 2. The van der Waals surface area contributed by atoms with Gasteiger partial charge in [-0.1, -0.05) is 30.3 Å². The van der Waals surface area contributed by atoms with Crippen LogP contribution in [0.3, 0.4) is 0 Å². The van der Waals surface area contributed by atoms with Crippen LogP contribution in [0, 0.1) is 6.92 Å². The molecule has 2 N–H and O–H groups in total. The van der Waals surface area contributed by atoms with Gasteiger partial charge in [0.2, 0.25) is 10.0 Å². The van der Waals surface area contributed by atoms with E-state index < -0.39 is 16.0 Å². The van der Waals surface area contributed by atoms with Gasteiger partial charge in [0, 0.05) is 0 Å². The van der Waals surface area contributed by atoms with Gasteiger partial charge in [-0.25, -0.2) is 13.2 Å². The zero-order valence-corrected chi connectivity index (χ0v) is 13.6. The minimum absolute atomic E-state index is 0.0169. The van der Waals surface area contributed by atoms with E-state index in [2.05, 4.69) is 4.72 Å². The number of carbonyl (C=O) groups is 1. The number of aryl methyl sites for hydroxylation is 1. The first kappa shape index (κ1) is 16.8. The van der Waals surface area contributed by atoms with Crippen LogP contribution in [0.5, 0.6) is 5.75 Å². The van der Waals surface area contributed by atoms with Crippen LogP contribution in [0.4, 0.5) is 5.69 Å². The van der Waals surface area contributed by atoms with Crippen molar-refractivity contribution in [2.24, 2.45) is 0 Å². The van der Waals surface area contributed by atoms with E-state index in [1.807, 2.05) is 0 Å². The number of aromatic carboxylic acids is 1. The lowest BCUT2D eigenvalue weighted by Crippen LogP contribution is -2.16. The molecule has 2 rings (SSSR count). The summed E-state index contributed by atoms with van der Waals surface area (Å²) < 4.78 is 32.1. The van der Waals surface area contributed by atoms with Crippen molar-refractivity contribution in [1.82, 2.24) is 0 Å². The number of rotatable bonds is 6. The number of sulfonamides is 1.